The maximum atomic E-state index is 12.3. The number of benzene rings is 1. The van der Waals surface area contributed by atoms with Crippen LogP contribution in [0, 0.1) is 0 Å². The Morgan fingerprint density at radius 3 is 2.06 bits per heavy atom. The molecular formula is C8H2Cl2F3N3. The molecule has 0 fully saturated rings. The molecule has 0 aliphatic heterocycles. The molecule has 0 aliphatic carbocycles. The predicted molar refractivity (Wildman–Crippen MR) is 52.4 cm³/mol. The van der Waals surface area contributed by atoms with Crippen LogP contribution in [0.4, 0.5) is 13.2 Å². The molecule has 0 aliphatic rings. The van der Waals surface area contributed by atoms with E-state index in [0.717, 1.165) is 0 Å². The summed E-state index contributed by atoms with van der Waals surface area (Å²) in [7, 11) is 0. The van der Waals surface area contributed by atoms with Crippen LogP contribution < -0.4 is 0 Å². The zero-order valence-electron chi connectivity index (χ0n) is 7.39. The fourth-order valence-corrected chi connectivity index (χ4v) is 1.37. The topological polar surface area (TPSA) is 38.7 Å². The van der Waals surface area contributed by atoms with Crippen molar-refractivity contribution < 1.29 is 13.2 Å². The number of nitrogens with zero attached hydrogens (tertiary/aromatic N) is 3. The SMILES string of the molecule is FC(F)(F)c1nnc2cc(Cl)c(Cl)cc2n1. The Labute approximate surface area is 97.2 Å². The van der Waals surface area contributed by atoms with E-state index < -0.39 is 12.0 Å². The van der Waals surface area contributed by atoms with Crippen molar-refractivity contribution in [2.75, 3.05) is 0 Å². The van der Waals surface area contributed by atoms with Gasteiger partial charge in [-0.2, -0.15) is 13.2 Å². The Hall–Kier alpha value is -1.14. The molecule has 2 rings (SSSR count). The molecule has 2 aromatic rings. The minimum Gasteiger partial charge on any atom is -0.221 e. The molecule has 0 bridgehead atoms. The monoisotopic (exact) mass is 267 g/mol. The Balaban J connectivity index is 2.67. The molecule has 3 nitrogen and oxygen atoms in total. The number of aromatic nitrogens is 3. The molecule has 0 unspecified atom stereocenters. The average Bonchev–Trinajstić information content (AvgIpc) is 2.17. The third-order valence-electron chi connectivity index (χ3n) is 1.75. The second kappa shape index (κ2) is 3.71. The van der Waals surface area contributed by atoms with Crippen LogP contribution in [0.25, 0.3) is 11.0 Å². The zero-order chi connectivity index (χ0) is 11.9. The van der Waals surface area contributed by atoms with Crippen molar-refractivity contribution in [3.05, 3.63) is 28.0 Å². The molecule has 1 aromatic heterocycles. The first-order valence-corrected chi connectivity index (χ1v) is 4.70. The van der Waals surface area contributed by atoms with Gasteiger partial charge in [0.05, 0.1) is 15.6 Å². The van der Waals surface area contributed by atoms with Crippen molar-refractivity contribution in [3.8, 4) is 0 Å². The Kier molecular flexibility index (Phi) is 2.63. The zero-order valence-corrected chi connectivity index (χ0v) is 8.90. The van der Waals surface area contributed by atoms with Gasteiger partial charge in [0.25, 0.3) is 5.82 Å². The maximum absolute atomic E-state index is 12.3. The number of halogens is 5. The van der Waals surface area contributed by atoms with E-state index in [9.17, 15) is 13.2 Å². The van der Waals surface area contributed by atoms with Crippen LogP contribution in [-0.2, 0) is 6.18 Å². The van der Waals surface area contributed by atoms with Crippen molar-refractivity contribution in [2.45, 2.75) is 6.18 Å². The van der Waals surface area contributed by atoms with Gasteiger partial charge in [-0.3, -0.25) is 0 Å². The maximum Gasteiger partial charge on any atom is 0.453 e. The average molecular weight is 268 g/mol. The molecule has 0 atom stereocenters. The minimum absolute atomic E-state index is 0.00303. The van der Waals surface area contributed by atoms with Gasteiger partial charge in [-0.25, -0.2) is 4.98 Å². The van der Waals surface area contributed by atoms with Gasteiger partial charge < -0.3 is 0 Å². The first kappa shape index (κ1) is 11.3. The van der Waals surface area contributed by atoms with Gasteiger partial charge in [-0.05, 0) is 12.1 Å². The van der Waals surface area contributed by atoms with Crippen molar-refractivity contribution >= 4 is 34.2 Å². The molecule has 0 amide bonds. The van der Waals surface area contributed by atoms with Crippen LogP contribution in [-0.4, -0.2) is 15.2 Å². The second-order valence-corrected chi connectivity index (χ2v) is 3.70. The summed E-state index contributed by atoms with van der Waals surface area (Å²) < 4.78 is 36.8. The van der Waals surface area contributed by atoms with Crippen molar-refractivity contribution in [3.63, 3.8) is 0 Å². The molecule has 0 N–H and O–H groups in total. The summed E-state index contributed by atoms with van der Waals surface area (Å²) in [4.78, 5) is 3.31. The number of hydrogen-bond donors (Lipinski definition) is 0. The van der Waals surface area contributed by atoms with Gasteiger partial charge in [0.2, 0.25) is 0 Å². The molecule has 0 spiro atoms. The van der Waals surface area contributed by atoms with Crippen LogP contribution in [0.3, 0.4) is 0 Å². The summed E-state index contributed by atoms with van der Waals surface area (Å²) in [6, 6.07) is 2.52. The van der Waals surface area contributed by atoms with E-state index in [1.807, 2.05) is 0 Å². The lowest BCUT2D eigenvalue weighted by molar-refractivity contribution is -0.145. The van der Waals surface area contributed by atoms with E-state index in [2.05, 4.69) is 15.2 Å². The lowest BCUT2D eigenvalue weighted by atomic mass is 10.3. The molecule has 8 heteroatoms. The minimum atomic E-state index is -4.63. The van der Waals surface area contributed by atoms with Gasteiger partial charge in [0, 0.05) is 0 Å². The third kappa shape index (κ3) is 2.03. The fraction of sp³-hybridized carbons (Fsp3) is 0.125. The third-order valence-corrected chi connectivity index (χ3v) is 2.47. The highest BCUT2D eigenvalue weighted by Gasteiger charge is 2.35. The van der Waals surface area contributed by atoms with E-state index >= 15 is 0 Å². The van der Waals surface area contributed by atoms with Crippen LogP contribution in [0.15, 0.2) is 12.1 Å². The van der Waals surface area contributed by atoms with Crippen molar-refractivity contribution in [1.82, 2.24) is 15.2 Å². The lowest BCUT2D eigenvalue weighted by Gasteiger charge is -2.04. The largest absolute Gasteiger partial charge is 0.453 e. The first-order valence-electron chi connectivity index (χ1n) is 3.94. The predicted octanol–water partition coefficient (Wildman–Crippen LogP) is 3.35. The van der Waals surface area contributed by atoms with Crippen molar-refractivity contribution in [2.24, 2.45) is 0 Å². The van der Waals surface area contributed by atoms with Crippen LogP contribution in [0.1, 0.15) is 5.82 Å². The van der Waals surface area contributed by atoms with Gasteiger partial charge in [-0.1, -0.05) is 23.2 Å². The van der Waals surface area contributed by atoms with E-state index in [0.29, 0.717) is 0 Å². The Morgan fingerprint density at radius 1 is 0.938 bits per heavy atom. The lowest BCUT2D eigenvalue weighted by Crippen LogP contribution is -2.12. The van der Waals surface area contributed by atoms with Crippen LogP contribution >= 0.6 is 23.2 Å². The van der Waals surface area contributed by atoms with E-state index in [4.69, 9.17) is 23.2 Å². The summed E-state index contributed by atoms with van der Waals surface area (Å²) in [5.74, 6) is -1.31. The molecule has 0 saturated heterocycles. The van der Waals surface area contributed by atoms with Crippen LogP contribution in [0.5, 0.6) is 0 Å². The fourth-order valence-electron chi connectivity index (χ4n) is 1.05. The van der Waals surface area contributed by atoms with E-state index in [1.54, 1.807) is 0 Å². The molecule has 84 valence electrons. The number of fused-ring (bicyclic) bond motifs is 1. The molecule has 16 heavy (non-hydrogen) atoms. The highest BCUT2D eigenvalue weighted by Crippen LogP contribution is 2.29. The summed E-state index contributed by atoms with van der Waals surface area (Å²) in [5.41, 5.74) is 0.152. The smallest absolute Gasteiger partial charge is 0.221 e. The number of rotatable bonds is 0. The molecule has 0 saturated carbocycles. The molecule has 1 heterocycles. The van der Waals surface area contributed by atoms with Gasteiger partial charge in [0.1, 0.15) is 5.52 Å². The summed E-state index contributed by atoms with van der Waals surface area (Å²) in [5, 5.41) is 6.63. The van der Waals surface area contributed by atoms with Crippen LogP contribution in [0.2, 0.25) is 10.0 Å². The molecule has 0 radical (unpaired) electrons. The van der Waals surface area contributed by atoms with E-state index in [-0.39, 0.29) is 21.1 Å². The normalized spacial score (nSPS) is 12.1. The highest BCUT2D eigenvalue weighted by molar-refractivity contribution is 6.42. The highest BCUT2D eigenvalue weighted by atomic mass is 35.5. The van der Waals surface area contributed by atoms with Crippen molar-refractivity contribution in [1.29, 1.82) is 0 Å². The summed E-state index contributed by atoms with van der Waals surface area (Å²) in [6.07, 6.45) is -4.63. The second-order valence-electron chi connectivity index (χ2n) is 2.89. The molecular weight excluding hydrogens is 266 g/mol. The number of hydrogen-bond acceptors (Lipinski definition) is 3. The Morgan fingerprint density at radius 2 is 1.50 bits per heavy atom. The van der Waals surface area contributed by atoms with Gasteiger partial charge >= 0.3 is 6.18 Å². The quantitative estimate of drug-likeness (QED) is 0.735. The number of alkyl halides is 3. The van der Waals surface area contributed by atoms with Gasteiger partial charge in [0.15, 0.2) is 0 Å². The summed E-state index contributed by atoms with van der Waals surface area (Å²) in [6.45, 7) is 0. The first-order chi connectivity index (χ1) is 7.38. The Bertz CT molecular complexity index is 556. The standard InChI is InChI=1S/C8H2Cl2F3N3/c9-3-1-5-6(2-4(3)10)15-16-7(14-5)8(11,12)13/h1-2H. The van der Waals surface area contributed by atoms with Gasteiger partial charge in [-0.15, -0.1) is 10.2 Å². The van der Waals surface area contributed by atoms with E-state index in [1.165, 1.54) is 12.1 Å². The summed E-state index contributed by atoms with van der Waals surface area (Å²) >= 11 is 11.3. The molecule has 1 aromatic carbocycles.